The summed E-state index contributed by atoms with van der Waals surface area (Å²) in [5.41, 5.74) is 0.276. The Labute approximate surface area is 121 Å². The molecule has 1 fully saturated rings. The van der Waals surface area contributed by atoms with Crippen molar-refractivity contribution in [3.05, 3.63) is 47.0 Å². The summed E-state index contributed by atoms with van der Waals surface area (Å²) in [5, 5.41) is 9.90. The highest BCUT2D eigenvalue weighted by atomic mass is 19.1. The van der Waals surface area contributed by atoms with Crippen molar-refractivity contribution < 1.29 is 28.6 Å². The number of carbonyl (C=O) groups excluding carboxylic acids is 2. The molecule has 1 N–H and O–H groups in total. The average molecular weight is 294 g/mol. The van der Waals surface area contributed by atoms with Crippen LogP contribution >= 0.6 is 0 Å². The Morgan fingerprint density at radius 1 is 1.14 bits per heavy atom. The highest BCUT2D eigenvalue weighted by molar-refractivity contribution is 6.15. The van der Waals surface area contributed by atoms with E-state index in [1.165, 1.54) is 26.0 Å². The fourth-order valence-electron chi connectivity index (χ4n) is 1.93. The number of benzene rings is 1. The van der Waals surface area contributed by atoms with Gasteiger partial charge in [0.2, 0.25) is 0 Å². The number of halogens is 1. The largest absolute Gasteiger partial charge is 0.511 e. The number of hydrogen-bond donors (Lipinski definition) is 1. The van der Waals surface area contributed by atoms with Gasteiger partial charge in [-0.3, -0.25) is 0 Å². The lowest BCUT2D eigenvalue weighted by atomic mass is 10.1. The molecule has 21 heavy (non-hydrogen) atoms. The van der Waals surface area contributed by atoms with Gasteiger partial charge in [0, 0.05) is 20.3 Å². The van der Waals surface area contributed by atoms with Crippen LogP contribution in [0.3, 0.4) is 0 Å². The molecule has 1 aromatic carbocycles. The SMILES string of the molecule is CC1(C)OC(=O)C(=C(O)CCc2ccc(F)cc2)C(=O)O1. The zero-order chi connectivity index (χ0) is 15.6. The number of aliphatic hydroxyl groups excluding tert-OH is 1. The number of ether oxygens (including phenoxy) is 2. The number of rotatable bonds is 3. The second kappa shape index (κ2) is 5.55. The van der Waals surface area contributed by atoms with E-state index in [1.807, 2.05) is 0 Å². The minimum Gasteiger partial charge on any atom is -0.511 e. The lowest BCUT2D eigenvalue weighted by Crippen LogP contribution is -2.42. The third kappa shape index (κ3) is 3.59. The summed E-state index contributed by atoms with van der Waals surface area (Å²) >= 11 is 0. The highest BCUT2D eigenvalue weighted by Gasteiger charge is 2.40. The molecular weight excluding hydrogens is 279 g/mol. The fourth-order valence-corrected chi connectivity index (χ4v) is 1.93. The standard InChI is InChI=1S/C15H15FO5/c1-15(2)20-13(18)12(14(19)21-15)11(17)8-5-9-3-6-10(16)7-4-9/h3-4,6-7,17H,5,8H2,1-2H3. The smallest absolute Gasteiger partial charge is 0.352 e. The molecule has 6 heteroatoms. The first-order valence-corrected chi connectivity index (χ1v) is 6.42. The second-order valence-corrected chi connectivity index (χ2v) is 5.13. The molecule has 0 saturated carbocycles. The summed E-state index contributed by atoms with van der Waals surface area (Å²) in [6, 6.07) is 5.72. The van der Waals surface area contributed by atoms with E-state index in [-0.39, 0.29) is 12.2 Å². The Hall–Kier alpha value is -2.37. The highest BCUT2D eigenvalue weighted by Crippen LogP contribution is 2.25. The monoisotopic (exact) mass is 294 g/mol. The number of aryl methyl sites for hydroxylation is 1. The van der Waals surface area contributed by atoms with E-state index in [4.69, 9.17) is 9.47 Å². The van der Waals surface area contributed by atoms with Gasteiger partial charge in [0.15, 0.2) is 5.57 Å². The second-order valence-electron chi connectivity index (χ2n) is 5.13. The molecule has 0 amide bonds. The lowest BCUT2D eigenvalue weighted by Gasteiger charge is -2.30. The van der Waals surface area contributed by atoms with Crippen molar-refractivity contribution in [3.63, 3.8) is 0 Å². The van der Waals surface area contributed by atoms with Gasteiger partial charge in [0.1, 0.15) is 11.6 Å². The molecule has 0 atom stereocenters. The summed E-state index contributed by atoms with van der Waals surface area (Å²) in [7, 11) is 0. The zero-order valence-electron chi connectivity index (χ0n) is 11.7. The third-order valence-electron chi connectivity index (χ3n) is 2.94. The van der Waals surface area contributed by atoms with E-state index in [9.17, 15) is 19.1 Å². The molecule has 1 aromatic rings. The maximum Gasteiger partial charge on any atom is 0.352 e. The first-order chi connectivity index (χ1) is 9.78. The minimum absolute atomic E-state index is 0.0472. The average Bonchev–Trinajstić information content (AvgIpc) is 2.35. The molecule has 0 aliphatic carbocycles. The van der Waals surface area contributed by atoms with Gasteiger partial charge in [-0.1, -0.05) is 12.1 Å². The van der Waals surface area contributed by atoms with E-state index in [0.717, 1.165) is 5.56 Å². The molecule has 1 saturated heterocycles. The van der Waals surface area contributed by atoms with E-state index >= 15 is 0 Å². The zero-order valence-corrected chi connectivity index (χ0v) is 11.7. The van der Waals surface area contributed by atoms with Crippen molar-refractivity contribution in [2.24, 2.45) is 0 Å². The van der Waals surface area contributed by atoms with Crippen LogP contribution in [0.5, 0.6) is 0 Å². The predicted octanol–water partition coefficient (Wildman–Crippen LogP) is 2.41. The molecule has 2 rings (SSSR count). The molecule has 0 spiro atoms. The van der Waals surface area contributed by atoms with Crippen LogP contribution in [0.4, 0.5) is 4.39 Å². The Bertz CT molecular complexity index is 579. The first kappa shape index (κ1) is 15.0. The van der Waals surface area contributed by atoms with Crippen molar-refractivity contribution in [1.29, 1.82) is 0 Å². The normalized spacial score (nSPS) is 17.2. The quantitative estimate of drug-likeness (QED) is 0.401. The lowest BCUT2D eigenvalue weighted by molar-refractivity contribution is -0.222. The van der Waals surface area contributed by atoms with Crippen LogP contribution in [0, 0.1) is 5.82 Å². The Balaban J connectivity index is 2.10. The molecule has 0 aromatic heterocycles. The Morgan fingerprint density at radius 2 is 1.67 bits per heavy atom. The van der Waals surface area contributed by atoms with Crippen molar-refractivity contribution in [3.8, 4) is 0 Å². The maximum atomic E-state index is 12.8. The van der Waals surface area contributed by atoms with Gasteiger partial charge in [-0.15, -0.1) is 0 Å². The summed E-state index contributed by atoms with van der Waals surface area (Å²) in [6.07, 6.45) is 0.394. The molecule has 0 unspecified atom stereocenters. The predicted molar refractivity (Wildman–Crippen MR) is 70.6 cm³/mol. The van der Waals surface area contributed by atoms with Gasteiger partial charge in [-0.25, -0.2) is 14.0 Å². The van der Waals surface area contributed by atoms with Gasteiger partial charge in [0.05, 0.1) is 0 Å². The van der Waals surface area contributed by atoms with Gasteiger partial charge < -0.3 is 14.6 Å². The maximum absolute atomic E-state index is 12.8. The van der Waals surface area contributed by atoms with Crippen LogP contribution in [-0.4, -0.2) is 22.8 Å². The van der Waals surface area contributed by atoms with Gasteiger partial charge >= 0.3 is 11.9 Å². The molecule has 1 aliphatic rings. The summed E-state index contributed by atoms with van der Waals surface area (Å²) < 4.78 is 22.6. The van der Waals surface area contributed by atoms with E-state index in [0.29, 0.717) is 6.42 Å². The number of aliphatic hydroxyl groups is 1. The Kier molecular flexibility index (Phi) is 3.97. The number of hydrogen-bond acceptors (Lipinski definition) is 5. The van der Waals surface area contributed by atoms with Crippen LogP contribution in [0.1, 0.15) is 25.8 Å². The minimum atomic E-state index is -1.34. The van der Waals surface area contributed by atoms with Gasteiger partial charge in [0.25, 0.3) is 5.79 Å². The van der Waals surface area contributed by atoms with Crippen molar-refractivity contribution in [2.45, 2.75) is 32.5 Å². The van der Waals surface area contributed by atoms with Gasteiger partial charge in [-0.2, -0.15) is 0 Å². The molecular formula is C15H15FO5. The van der Waals surface area contributed by atoms with Crippen LogP contribution < -0.4 is 0 Å². The Morgan fingerprint density at radius 3 is 2.19 bits per heavy atom. The number of allylic oxidation sites excluding steroid dienone is 1. The van der Waals surface area contributed by atoms with E-state index < -0.39 is 29.1 Å². The topological polar surface area (TPSA) is 72.8 Å². The molecule has 0 bridgehead atoms. The molecule has 1 heterocycles. The number of cyclic esters (lactones) is 2. The van der Waals surface area contributed by atoms with Crippen LogP contribution in [-0.2, 0) is 25.5 Å². The molecule has 5 nitrogen and oxygen atoms in total. The first-order valence-electron chi connectivity index (χ1n) is 6.42. The fraction of sp³-hybridized carbons (Fsp3) is 0.333. The van der Waals surface area contributed by atoms with Gasteiger partial charge in [-0.05, 0) is 24.1 Å². The van der Waals surface area contributed by atoms with E-state index in [2.05, 4.69) is 0 Å². The van der Waals surface area contributed by atoms with E-state index in [1.54, 1.807) is 12.1 Å². The van der Waals surface area contributed by atoms with Crippen molar-refractivity contribution in [1.82, 2.24) is 0 Å². The van der Waals surface area contributed by atoms with Crippen LogP contribution in [0.15, 0.2) is 35.6 Å². The number of esters is 2. The molecule has 1 aliphatic heterocycles. The summed E-state index contributed by atoms with van der Waals surface area (Å²) in [4.78, 5) is 23.5. The van der Waals surface area contributed by atoms with Crippen LogP contribution in [0.25, 0.3) is 0 Å². The molecule has 112 valence electrons. The summed E-state index contributed by atoms with van der Waals surface area (Å²) in [6.45, 7) is 2.85. The third-order valence-corrected chi connectivity index (χ3v) is 2.94. The summed E-state index contributed by atoms with van der Waals surface area (Å²) in [5.74, 6) is -3.91. The van der Waals surface area contributed by atoms with Crippen molar-refractivity contribution >= 4 is 11.9 Å². The van der Waals surface area contributed by atoms with Crippen LogP contribution in [0.2, 0.25) is 0 Å². The molecule has 0 radical (unpaired) electrons. The van der Waals surface area contributed by atoms with Crippen molar-refractivity contribution in [2.75, 3.05) is 0 Å². The number of carbonyl (C=O) groups is 2.